The molecular weight excluding hydrogens is 214 g/mol. The lowest BCUT2D eigenvalue weighted by Crippen LogP contribution is -2.13. The molecule has 2 rings (SSSR count). The minimum Gasteiger partial charge on any atom is -0.372 e. The van der Waals surface area contributed by atoms with E-state index >= 15 is 0 Å². The Hall–Kier alpha value is -0.900. The number of fused-ring (bicyclic) bond motifs is 1. The van der Waals surface area contributed by atoms with E-state index in [1.54, 1.807) is 0 Å². The number of rotatable bonds is 3. The standard InChI is InChI=1S/C13H23N3O/c1-4-17-12-9-7-5-6-8-11-13(12)14-15-16(11)10(2)3/h10,12H,4-9H2,1-3H3. The Balaban J connectivity index is 2.31. The van der Waals surface area contributed by atoms with Gasteiger partial charge in [-0.1, -0.05) is 18.1 Å². The smallest absolute Gasteiger partial charge is 0.115 e. The molecule has 1 aliphatic rings. The van der Waals surface area contributed by atoms with Crippen LogP contribution in [-0.4, -0.2) is 21.6 Å². The fraction of sp³-hybridized carbons (Fsp3) is 0.846. The summed E-state index contributed by atoms with van der Waals surface area (Å²) in [5.74, 6) is 0. The van der Waals surface area contributed by atoms with E-state index in [9.17, 15) is 0 Å². The second kappa shape index (κ2) is 5.63. The second-order valence-electron chi connectivity index (χ2n) is 5.00. The summed E-state index contributed by atoms with van der Waals surface area (Å²) >= 11 is 0. The van der Waals surface area contributed by atoms with E-state index in [0.29, 0.717) is 6.04 Å². The molecule has 4 heteroatoms. The first-order valence-corrected chi connectivity index (χ1v) is 6.79. The molecular formula is C13H23N3O. The van der Waals surface area contributed by atoms with Crippen molar-refractivity contribution in [2.24, 2.45) is 0 Å². The van der Waals surface area contributed by atoms with Crippen molar-refractivity contribution in [3.05, 3.63) is 11.4 Å². The van der Waals surface area contributed by atoms with Gasteiger partial charge in [0.05, 0.1) is 5.69 Å². The van der Waals surface area contributed by atoms with Crippen LogP contribution in [-0.2, 0) is 11.2 Å². The van der Waals surface area contributed by atoms with Crippen molar-refractivity contribution in [3.8, 4) is 0 Å². The molecule has 1 aromatic rings. The number of hydrogen-bond donors (Lipinski definition) is 0. The highest BCUT2D eigenvalue weighted by Gasteiger charge is 2.24. The minimum absolute atomic E-state index is 0.155. The summed E-state index contributed by atoms with van der Waals surface area (Å²) in [6.07, 6.45) is 6.08. The molecule has 0 radical (unpaired) electrons. The van der Waals surface area contributed by atoms with Crippen LogP contribution in [0.1, 0.15) is 70.0 Å². The first-order valence-electron chi connectivity index (χ1n) is 6.79. The van der Waals surface area contributed by atoms with E-state index in [4.69, 9.17) is 4.74 Å². The molecule has 1 atom stereocenters. The molecule has 0 fully saturated rings. The fourth-order valence-corrected chi connectivity index (χ4v) is 2.53. The van der Waals surface area contributed by atoms with Crippen LogP contribution in [0.3, 0.4) is 0 Å². The lowest BCUT2D eigenvalue weighted by molar-refractivity contribution is 0.0493. The topological polar surface area (TPSA) is 39.9 Å². The van der Waals surface area contributed by atoms with E-state index in [0.717, 1.165) is 25.1 Å². The van der Waals surface area contributed by atoms with Gasteiger partial charge in [0.15, 0.2) is 0 Å². The molecule has 0 aromatic carbocycles. The molecule has 1 heterocycles. The largest absolute Gasteiger partial charge is 0.372 e. The van der Waals surface area contributed by atoms with Crippen molar-refractivity contribution in [1.82, 2.24) is 15.0 Å². The normalized spacial score (nSPS) is 21.1. The first-order chi connectivity index (χ1) is 8.24. The highest BCUT2D eigenvalue weighted by atomic mass is 16.5. The zero-order valence-electron chi connectivity index (χ0n) is 11.1. The third-order valence-electron chi connectivity index (χ3n) is 3.36. The van der Waals surface area contributed by atoms with E-state index in [2.05, 4.69) is 28.8 Å². The Morgan fingerprint density at radius 3 is 2.88 bits per heavy atom. The third-order valence-corrected chi connectivity index (χ3v) is 3.36. The average Bonchev–Trinajstić information content (AvgIpc) is 2.67. The monoisotopic (exact) mass is 237 g/mol. The van der Waals surface area contributed by atoms with Crippen molar-refractivity contribution < 1.29 is 4.74 Å². The zero-order chi connectivity index (χ0) is 12.3. The van der Waals surface area contributed by atoms with Crippen LogP contribution in [0.25, 0.3) is 0 Å². The Kier molecular flexibility index (Phi) is 4.15. The minimum atomic E-state index is 0.155. The summed E-state index contributed by atoms with van der Waals surface area (Å²) in [7, 11) is 0. The predicted molar refractivity (Wildman–Crippen MR) is 66.9 cm³/mol. The fourth-order valence-electron chi connectivity index (χ4n) is 2.53. The summed E-state index contributed by atoms with van der Waals surface area (Å²) in [6.45, 7) is 7.11. The lowest BCUT2D eigenvalue weighted by atomic mass is 9.98. The van der Waals surface area contributed by atoms with Gasteiger partial charge in [-0.25, -0.2) is 4.68 Å². The van der Waals surface area contributed by atoms with Crippen LogP contribution in [0.2, 0.25) is 0 Å². The molecule has 0 saturated carbocycles. The Morgan fingerprint density at radius 1 is 1.35 bits per heavy atom. The van der Waals surface area contributed by atoms with Gasteiger partial charge in [-0.15, -0.1) is 5.10 Å². The Labute approximate surface area is 103 Å². The van der Waals surface area contributed by atoms with Gasteiger partial charge < -0.3 is 4.74 Å². The van der Waals surface area contributed by atoms with Gasteiger partial charge in [-0.2, -0.15) is 0 Å². The molecule has 1 unspecified atom stereocenters. The molecule has 1 aromatic heterocycles. The quantitative estimate of drug-likeness (QED) is 0.811. The van der Waals surface area contributed by atoms with Crippen molar-refractivity contribution in [3.63, 3.8) is 0 Å². The maximum atomic E-state index is 5.82. The third kappa shape index (κ3) is 2.68. The van der Waals surface area contributed by atoms with Crippen LogP contribution >= 0.6 is 0 Å². The summed E-state index contributed by atoms with van der Waals surface area (Å²) in [5, 5.41) is 8.67. The second-order valence-corrected chi connectivity index (χ2v) is 5.00. The number of ether oxygens (including phenoxy) is 1. The van der Waals surface area contributed by atoms with Crippen LogP contribution in [0, 0.1) is 0 Å². The number of nitrogens with zero attached hydrogens (tertiary/aromatic N) is 3. The summed E-state index contributed by atoms with van der Waals surface area (Å²) in [4.78, 5) is 0. The number of aromatic nitrogens is 3. The molecule has 0 bridgehead atoms. The average molecular weight is 237 g/mol. The first kappa shape index (κ1) is 12.6. The SMILES string of the molecule is CCOC1CCCCCc2c1nnn2C(C)C. The van der Waals surface area contributed by atoms with Crippen LogP contribution in [0.5, 0.6) is 0 Å². The molecule has 0 aliphatic heterocycles. The van der Waals surface area contributed by atoms with Gasteiger partial charge in [0.1, 0.15) is 11.8 Å². The predicted octanol–water partition coefficient (Wildman–Crippen LogP) is 3.05. The van der Waals surface area contributed by atoms with E-state index in [1.807, 2.05) is 6.92 Å². The van der Waals surface area contributed by atoms with Gasteiger partial charge in [-0.3, -0.25) is 0 Å². The van der Waals surface area contributed by atoms with Crippen molar-refractivity contribution in [1.29, 1.82) is 0 Å². The van der Waals surface area contributed by atoms with Gasteiger partial charge in [0.25, 0.3) is 0 Å². The molecule has 0 N–H and O–H groups in total. The maximum Gasteiger partial charge on any atom is 0.115 e. The molecule has 0 spiro atoms. The highest BCUT2D eigenvalue weighted by Crippen LogP contribution is 2.29. The molecule has 0 amide bonds. The molecule has 1 aliphatic carbocycles. The van der Waals surface area contributed by atoms with Gasteiger partial charge in [-0.05, 0) is 40.0 Å². The van der Waals surface area contributed by atoms with Crippen LogP contribution in [0.15, 0.2) is 0 Å². The maximum absolute atomic E-state index is 5.82. The molecule has 4 nitrogen and oxygen atoms in total. The summed E-state index contributed by atoms with van der Waals surface area (Å²) < 4.78 is 7.88. The lowest BCUT2D eigenvalue weighted by Gasteiger charge is -2.20. The van der Waals surface area contributed by atoms with E-state index in [1.165, 1.54) is 25.0 Å². The van der Waals surface area contributed by atoms with Crippen LogP contribution < -0.4 is 0 Å². The summed E-state index contributed by atoms with van der Waals surface area (Å²) in [5.41, 5.74) is 2.37. The molecule has 96 valence electrons. The van der Waals surface area contributed by atoms with E-state index in [-0.39, 0.29) is 6.10 Å². The Morgan fingerprint density at radius 2 is 2.18 bits per heavy atom. The van der Waals surface area contributed by atoms with Gasteiger partial charge in [0.2, 0.25) is 0 Å². The summed E-state index contributed by atoms with van der Waals surface area (Å²) in [6, 6.07) is 0.382. The van der Waals surface area contributed by atoms with Crippen molar-refractivity contribution in [2.45, 2.75) is 65.0 Å². The van der Waals surface area contributed by atoms with Crippen LogP contribution in [0.4, 0.5) is 0 Å². The van der Waals surface area contributed by atoms with Crippen molar-refractivity contribution in [2.75, 3.05) is 6.61 Å². The number of hydrogen-bond acceptors (Lipinski definition) is 3. The van der Waals surface area contributed by atoms with Crippen molar-refractivity contribution >= 4 is 0 Å². The van der Waals surface area contributed by atoms with E-state index < -0.39 is 0 Å². The van der Waals surface area contributed by atoms with Gasteiger partial charge in [0, 0.05) is 12.6 Å². The van der Waals surface area contributed by atoms with Gasteiger partial charge >= 0.3 is 0 Å². The highest BCUT2D eigenvalue weighted by molar-refractivity contribution is 5.15. The Bertz CT molecular complexity index is 360. The zero-order valence-corrected chi connectivity index (χ0v) is 11.1. The molecule has 0 saturated heterocycles. The molecule has 17 heavy (non-hydrogen) atoms.